The standard InChI is InChI=1S/C6H9F3O3/c1-11-3-4(5(10)12-2)6(7,8)9/h4H,3H2,1-2H3/t4-/m0/s1. The van der Waals surface area contributed by atoms with Crippen LogP contribution in [0.5, 0.6) is 0 Å². The van der Waals surface area contributed by atoms with E-state index >= 15 is 0 Å². The number of carbonyl (C=O) groups is 1. The third-order valence-electron chi connectivity index (χ3n) is 1.21. The molecule has 0 N–H and O–H groups in total. The van der Waals surface area contributed by atoms with Gasteiger partial charge in [-0.2, -0.15) is 13.2 Å². The molecule has 0 spiro atoms. The van der Waals surface area contributed by atoms with Crippen molar-refractivity contribution in [3.8, 4) is 0 Å². The maximum atomic E-state index is 12.0. The molecule has 6 heteroatoms. The number of methoxy groups -OCH3 is 2. The number of hydrogen-bond acceptors (Lipinski definition) is 3. The highest BCUT2D eigenvalue weighted by atomic mass is 19.4. The van der Waals surface area contributed by atoms with Crippen LogP contribution >= 0.6 is 0 Å². The third-order valence-corrected chi connectivity index (χ3v) is 1.21. The smallest absolute Gasteiger partial charge is 0.404 e. The number of esters is 1. The summed E-state index contributed by atoms with van der Waals surface area (Å²) in [6, 6.07) is 0. The molecule has 0 aromatic heterocycles. The normalized spacial score (nSPS) is 14.1. The van der Waals surface area contributed by atoms with Crippen LogP contribution in [0, 0.1) is 5.92 Å². The van der Waals surface area contributed by atoms with Crippen molar-refractivity contribution in [3.05, 3.63) is 0 Å². The van der Waals surface area contributed by atoms with Crippen molar-refractivity contribution in [1.29, 1.82) is 0 Å². The van der Waals surface area contributed by atoms with Gasteiger partial charge < -0.3 is 9.47 Å². The molecule has 0 aliphatic heterocycles. The van der Waals surface area contributed by atoms with Crippen molar-refractivity contribution in [2.24, 2.45) is 5.92 Å². The Balaban J connectivity index is 4.33. The Morgan fingerprint density at radius 3 is 2.17 bits per heavy atom. The van der Waals surface area contributed by atoms with Crippen molar-refractivity contribution in [2.45, 2.75) is 6.18 Å². The van der Waals surface area contributed by atoms with Crippen molar-refractivity contribution >= 4 is 5.97 Å². The van der Waals surface area contributed by atoms with E-state index in [9.17, 15) is 18.0 Å². The second-order valence-corrected chi connectivity index (χ2v) is 2.07. The van der Waals surface area contributed by atoms with Gasteiger partial charge in [-0.15, -0.1) is 0 Å². The van der Waals surface area contributed by atoms with Crippen LogP contribution in [0.4, 0.5) is 13.2 Å². The molecule has 0 rings (SSSR count). The Kier molecular flexibility index (Phi) is 4.02. The van der Waals surface area contributed by atoms with Gasteiger partial charge in [-0.25, -0.2) is 0 Å². The minimum absolute atomic E-state index is 0.712. The quantitative estimate of drug-likeness (QED) is 0.616. The van der Waals surface area contributed by atoms with E-state index in [1.165, 1.54) is 0 Å². The predicted octanol–water partition coefficient (Wildman–Crippen LogP) is 0.984. The fourth-order valence-electron chi connectivity index (χ4n) is 0.605. The van der Waals surface area contributed by atoms with Crippen LogP contribution in [0.2, 0.25) is 0 Å². The maximum absolute atomic E-state index is 12.0. The van der Waals surface area contributed by atoms with E-state index in [2.05, 4.69) is 9.47 Å². The average Bonchev–Trinajstić information content (AvgIpc) is 1.96. The first-order valence-corrected chi connectivity index (χ1v) is 3.07. The molecule has 0 aromatic carbocycles. The number of rotatable bonds is 3. The second kappa shape index (κ2) is 4.30. The predicted molar refractivity (Wildman–Crippen MR) is 33.4 cm³/mol. The lowest BCUT2D eigenvalue weighted by Crippen LogP contribution is -2.35. The van der Waals surface area contributed by atoms with Gasteiger partial charge in [0.15, 0.2) is 5.92 Å². The van der Waals surface area contributed by atoms with E-state index in [1.807, 2.05) is 0 Å². The van der Waals surface area contributed by atoms with E-state index in [0.29, 0.717) is 0 Å². The fourth-order valence-corrected chi connectivity index (χ4v) is 0.605. The monoisotopic (exact) mass is 186 g/mol. The molecular weight excluding hydrogens is 177 g/mol. The summed E-state index contributed by atoms with van der Waals surface area (Å²) < 4.78 is 44.1. The lowest BCUT2D eigenvalue weighted by atomic mass is 10.1. The molecule has 0 amide bonds. The Bertz CT molecular complexity index is 155. The topological polar surface area (TPSA) is 35.5 Å². The second-order valence-electron chi connectivity index (χ2n) is 2.07. The van der Waals surface area contributed by atoms with Crippen LogP contribution in [-0.4, -0.2) is 33.0 Å². The molecule has 3 nitrogen and oxygen atoms in total. The van der Waals surface area contributed by atoms with E-state index in [1.54, 1.807) is 0 Å². The van der Waals surface area contributed by atoms with Crippen LogP contribution in [0.15, 0.2) is 0 Å². The lowest BCUT2D eigenvalue weighted by molar-refractivity contribution is -0.203. The zero-order valence-electron chi connectivity index (χ0n) is 6.64. The van der Waals surface area contributed by atoms with Gasteiger partial charge in [-0.3, -0.25) is 4.79 Å². The molecule has 0 saturated heterocycles. The van der Waals surface area contributed by atoms with Gasteiger partial charge >= 0.3 is 12.1 Å². The minimum Gasteiger partial charge on any atom is -0.468 e. The van der Waals surface area contributed by atoms with Crippen molar-refractivity contribution in [3.63, 3.8) is 0 Å². The molecule has 1 atom stereocenters. The molecule has 0 radical (unpaired) electrons. The van der Waals surface area contributed by atoms with Crippen LogP contribution in [0.25, 0.3) is 0 Å². The highest BCUT2D eigenvalue weighted by molar-refractivity contribution is 5.73. The first-order valence-electron chi connectivity index (χ1n) is 3.07. The van der Waals surface area contributed by atoms with Gasteiger partial charge in [0.2, 0.25) is 0 Å². The van der Waals surface area contributed by atoms with Gasteiger partial charge in [0.05, 0.1) is 13.7 Å². The van der Waals surface area contributed by atoms with Gasteiger partial charge in [-0.05, 0) is 0 Å². The highest BCUT2D eigenvalue weighted by Crippen LogP contribution is 2.27. The first kappa shape index (κ1) is 11.2. The molecular formula is C6H9F3O3. The Morgan fingerprint density at radius 1 is 1.42 bits per heavy atom. The van der Waals surface area contributed by atoms with E-state index in [-0.39, 0.29) is 0 Å². The fraction of sp³-hybridized carbons (Fsp3) is 0.833. The Morgan fingerprint density at radius 2 is 1.92 bits per heavy atom. The summed E-state index contributed by atoms with van der Waals surface area (Å²) in [4.78, 5) is 10.5. The minimum atomic E-state index is -4.61. The molecule has 0 heterocycles. The third kappa shape index (κ3) is 3.08. The van der Waals surface area contributed by atoms with Gasteiger partial charge in [0, 0.05) is 7.11 Å². The summed E-state index contributed by atoms with van der Waals surface area (Å²) in [5, 5.41) is 0. The molecule has 0 saturated carbocycles. The number of alkyl halides is 3. The zero-order chi connectivity index (χ0) is 9.78. The van der Waals surface area contributed by atoms with Crippen LogP contribution < -0.4 is 0 Å². The number of carbonyl (C=O) groups excluding carboxylic acids is 1. The van der Waals surface area contributed by atoms with E-state index < -0.39 is 24.7 Å². The SMILES string of the molecule is COC[C@@H](C(=O)OC)C(F)(F)F. The van der Waals surface area contributed by atoms with E-state index in [0.717, 1.165) is 14.2 Å². The van der Waals surface area contributed by atoms with Gasteiger partial charge in [-0.1, -0.05) is 0 Å². The first-order chi connectivity index (χ1) is 5.43. The van der Waals surface area contributed by atoms with Crippen LogP contribution in [-0.2, 0) is 14.3 Å². The van der Waals surface area contributed by atoms with Gasteiger partial charge in [0.25, 0.3) is 0 Å². The zero-order valence-corrected chi connectivity index (χ0v) is 6.64. The lowest BCUT2D eigenvalue weighted by Gasteiger charge is -2.16. The molecule has 12 heavy (non-hydrogen) atoms. The molecule has 72 valence electrons. The summed E-state index contributed by atoms with van der Waals surface area (Å²) in [6.45, 7) is -0.712. The summed E-state index contributed by atoms with van der Waals surface area (Å²) in [5.74, 6) is -3.52. The van der Waals surface area contributed by atoms with Crippen molar-refractivity contribution in [2.75, 3.05) is 20.8 Å². The molecule has 0 fully saturated rings. The molecule has 0 unspecified atom stereocenters. The molecule has 0 aliphatic rings. The Labute approximate surface area is 67.4 Å². The number of halogens is 3. The number of hydrogen-bond donors (Lipinski definition) is 0. The number of ether oxygens (including phenoxy) is 2. The molecule has 0 bridgehead atoms. The maximum Gasteiger partial charge on any atom is 0.404 e. The molecule has 0 aromatic rings. The van der Waals surface area contributed by atoms with Crippen LogP contribution in [0.1, 0.15) is 0 Å². The van der Waals surface area contributed by atoms with Crippen molar-refractivity contribution < 1.29 is 27.4 Å². The summed E-state index contributed by atoms with van der Waals surface area (Å²) >= 11 is 0. The highest BCUT2D eigenvalue weighted by Gasteiger charge is 2.45. The van der Waals surface area contributed by atoms with Gasteiger partial charge in [0.1, 0.15) is 0 Å². The largest absolute Gasteiger partial charge is 0.468 e. The summed E-state index contributed by atoms with van der Waals surface area (Å²) in [6.07, 6.45) is -4.61. The molecule has 0 aliphatic carbocycles. The van der Waals surface area contributed by atoms with Crippen molar-refractivity contribution in [1.82, 2.24) is 0 Å². The van der Waals surface area contributed by atoms with E-state index in [4.69, 9.17) is 0 Å². The summed E-state index contributed by atoms with van der Waals surface area (Å²) in [7, 11) is 1.98. The average molecular weight is 186 g/mol. The summed E-state index contributed by atoms with van der Waals surface area (Å²) in [5.41, 5.74) is 0. The Hall–Kier alpha value is -0.780. The van der Waals surface area contributed by atoms with Crippen LogP contribution in [0.3, 0.4) is 0 Å².